The number of benzene rings is 1. The molecule has 1 saturated carbocycles. The summed E-state index contributed by atoms with van der Waals surface area (Å²) in [4.78, 5) is 50.6. The molecule has 3 heterocycles. The summed E-state index contributed by atoms with van der Waals surface area (Å²) in [5.74, 6) is -1.41. The third-order valence-electron chi connectivity index (χ3n) is 9.20. The van der Waals surface area contributed by atoms with Crippen LogP contribution >= 0.6 is 0 Å². The summed E-state index contributed by atoms with van der Waals surface area (Å²) in [5, 5.41) is 20.4. The Kier molecular flexibility index (Phi) is 7.33. The van der Waals surface area contributed by atoms with Crippen LogP contribution in [0.3, 0.4) is 0 Å². The van der Waals surface area contributed by atoms with E-state index in [9.17, 15) is 24.6 Å². The number of aliphatic carboxylic acids is 1. The number of amides is 2. The third-order valence-corrected chi connectivity index (χ3v) is 9.20. The summed E-state index contributed by atoms with van der Waals surface area (Å²) in [5.41, 5.74) is 8.21. The SMILES string of the molecule is Cc1ncnc(C)c1C(=O)N1CC2CN(c3cccc(C(CC(N)=O)C4(C(=O)O)CCC(O)CC4)c3)CC2C1. The maximum Gasteiger partial charge on any atom is 0.310 e. The van der Waals surface area contributed by atoms with E-state index < -0.39 is 29.3 Å². The van der Waals surface area contributed by atoms with Crippen LogP contribution in [0.4, 0.5) is 5.69 Å². The molecule has 2 aliphatic heterocycles. The van der Waals surface area contributed by atoms with Gasteiger partial charge in [0.15, 0.2) is 0 Å². The van der Waals surface area contributed by atoms with E-state index in [2.05, 4.69) is 14.9 Å². The van der Waals surface area contributed by atoms with Crippen molar-refractivity contribution in [2.24, 2.45) is 23.0 Å². The Labute approximate surface area is 228 Å². The van der Waals surface area contributed by atoms with Crippen molar-refractivity contribution in [3.63, 3.8) is 0 Å². The third kappa shape index (κ3) is 5.09. The van der Waals surface area contributed by atoms with E-state index in [4.69, 9.17) is 5.73 Å². The molecule has 5 rings (SSSR count). The summed E-state index contributed by atoms with van der Waals surface area (Å²) in [6, 6.07) is 7.82. The smallest absolute Gasteiger partial charge is 0.310 e. The zero-order chi connectivity index (χ0) is 27.9. The van der Waals surface area contributed by atoms with Crippen LogP contribution in [0.15, 0.2) is 30.6 Å². The van der Waals surface area contributed by atoms with Crippen LogP contribution in [0.25, 0.3) is 0 Å². The van der Waals surface area contributed by atoms with Crippen LogP contribution in [-0.4, -0.2) is 75.1 Å². The lowest BCUT2D eigenvalue weighted by Gasteiger charge is -2.41. The number of fused-ring (bicyclic) bond motifs is 1. The largest absolute Gasteiger partial charge is 0.481 e. The van der Waals surface area contributed by atoms with Crippen LogP contribution in [-0.2, 0) is 9.59 Å². The van der Waals surface area contributed by atoms with Gasteiger partial charge in [0.05, 0.1) is 28.5 Å². The van der Waals surface area contributed by atoms with Crippen molar-refractivity contribution in [2.75, 3.05) is 31.1 Å². The van der Waals surface area contributed by atoms with Gasteiger partial charge in [0.2, 0.25) is 5.91 Å². The first-order chi connectivity index (χ1) is 18.6. The van der Waals surface area contributed by atoms with E-state index >= 15 is 0 Å². The molecule has 0 spiro atoms. The molecule has 3 atom stereocenters. The van der Waals surface area contributed by atoms with Gasteiger partial charge in [-0.2, -0.15) is 0 Å². The van der Waals surface area contributed by atoms with Gasteiger partial charge in [-0.3, -0.25) is 14.4 Å². The van der Waals surface area contributed by atoms with Gasteiger partial charge < -0.3 is 25.7 Å². The fourth-order valence-electron chi connectivity index (χ4n) is 7.03. The fraction of sp³-hybridized carbons (Fsp3) is 0.552. The number of aliphatic hydroxyl groups is 1. The second-order valence-electron chi connectivity index (χ2n) is 11.6. The van der Waals surface area contributed by atoms with E-state index in [1.165, 1.54) is 6.33 Å². The topological polar surface area (TPSA) is 150 Å². The zero-order valence-corrected chi connectivity index (χ0v) is 22.5. The summed E-state index contributed by atoms with van der Waals surface area (Å²) in [6.07, 6.45) is 2.28. The molecule has 4 N–H and O–H groups in total. The molecular formula is C29H37N5O5. The quantitative estimate of drug-likeness (QED) is 0.489. The maximum atomic E-state index is 13.3. The highest BCUT2D eigenvalue weighted by Crippen LogP contribution is 2.50. The molecule has 1 aromatic heterocycles. The summed E-state index contributed by atoms with van der Waals surface area (Å²) in [6.45, 7) is 6.59. The molecule has 0 bridgehead atoms. The number of nitrogens with two attached hydrogens (primary N) is 1. The molecule has 208 valence electrons. The molecule has 2 aromatic rings. The van der Waals surface area contributed by atoms with E-state index in [0.717, 1.165) is 24.3 Å². The summed E-state index contributed by atoms with van der Waals surface area (Å²) >= 11 is 0. The molecular weight excluding hydrogens is 498 g/mol. The Bertz CT molecular complexity index is 1240. The first kappa shape index (κ1) is 27.1. The number of carboxylic acids is 1. The lowest BCUT2D eigenvalue weighted by atomic mass is 9.62. The number of carbonyl (C=O) groups is 3. The Morgan fingerprint density at radius 3 is 2.23 bits per heavy atom. The summed E-state index contributed by atoms with van der Waals surface area (Å²) in [7, 11) is 0. The average Bonchev–Trinajstić information content (AvgIpc) is 3.48. The average molecular weight is 536 g/mol. The Morgan fingerprint density at radius 2 is 1.67 bits per heavy atom. The monoisotopic (exact) mass is 535 g/mol. The number of aliphatic hydroxyl groups excluding tert-OH is 1. The van der Waals surface area contributed by atoms with Crippen molar-refractivity contribution in [3.8, 4) is 0 Å². The molecule has 39 heavy (non-hydrogen) atoms. The minimum absolute atomic E-state index is 0.0144. The second kappa shape index (κ2) is 10.6. The van der Waals surface area contributed by atoms with Crippen LogP contribution in [0.1, 0.15) is 65.3 Å². The van der Waals surface area contributed by atoms with Crippen LogP contribution in [0, 0.1) is 31.1 Å². The molecule has 2 amide bonds. The van der Waals surface area contributed by atoms with Crippen molar-refractivity contribution >= 4 is 23.5 Å². The van der Waals surface area contributed by atoms with E-state index in [0.29, 0.717) is 67.6 Å². The van der Waals surface area contributed by atoms with Crippen LogP contribution in [0.2, 0.25) is 0 Å². The molecule has 0 radical (unpaired) electrons. The molecule has 3 fully saturated rings. The van der Waals surface area contributed by atoms with Gasteiger partial charge in [-0.15, -0.1) is 0 Å². The lowest BCUT2D eigenvalue weighted by molar-refractivity contribution is -0.154. The van der Waals surface area contributed by atoms with E-state index in [-0.39, 0.29) is 12.3 Å². The second-order valence-corrected chi connectivity index (χ2v) is 11.6. The van der Waals surface area contributed by atoms with Gasteiger partial charge in [-0.25, -0.2) is 9.97 Å². The fourth-order valence-corrected chi connectivity index (χ4v) is 7.03. The number of carboxylic acid groups (broad SMARTS) is 1. The number of primary amides is 1. The van der Waals surface area contributed by atoms with Gasteiger partial charge in [0.25, 0.3) is 5.91 Å². The Hall–Kier alpha value is -3.53. The van der Waals surface area contributed by atoms with Gasteiger partial charge >= 0.3 is 5.97 Å². The van der Waals surface area contributed by atoms with E-state index in [1.54, 1.807) is 0 Å². The zero-order valence-electron chi connectivity index (χ0n) is 22.5. The Morgan fingerprint density at radius 1 is 1.05 bits per heavy atom. The highest BCUT2D eigenvalue weighted by Gasteiger charge is 2.49. The highest BCUT2D eigenvalue weighted by atomic mass is 16.4. The van der Waals surface area contributed by atoms with Crippen LogP contribution in [0.5, 0.6) is 0 Å². The van der Waals surface area contributed by atoms with Crippen molar-refractivity contribution < 1.29 is 24.6 Å². The van der Waals surface area contributed by atoms with E-state index in [1.807, 2.05) is 43.0 Å². The Balaban J connectivity index is 1.33. The standard InChI is InChI=1S/C29H37N5O5/c1-17-26(18(2)32-16-31-17)27(37)34-14-20-12-33(13-21(20)15-34)22-5-3-4-19(10-22)24(11-25(30)36)29(28(38)39)8-6-23(35)7-9-29/h3-5,10,16,20-21,23-24,35H,6-9,11-15H2,1-2H3,(H2,30,36)(H,38,39). The number of carbonyl (C=O) groups excluding carboxylic acids is 2. The number of aromatic nitrogens is 2. The van der Waals surface area contributed by atoms with Gasteiger partial charge in [0, 0.05) is 56.0 Å². The van der Waals surface area contributed by atoms with Crippen molar-refractivity contribution in [1.29, 1.82) is 0 Å². The minimum atomic E-state index is -1.15. The molecule has 10 nitrogen and oxygen atoms in total. The van der Waals surface area contributed by atoms with Gasteiger partial charge in [0.1, 0.15) is 6.33 Å². The van der Waals surface area contributed by atoms with Crippen molar-refractivity contribution in [3.05, 3.63) is 53.1 Å². The lowest BCUT2D eigenvalue weighted by Crippen LogP contribution is -2.43. The van der Waals surface area contributed by atoms with Gasteiger partial charge in [-0.1, -0.05) is 12.1 Å². The highest BCUT2D eigenvalue weighted by molar-refractivity contribution is 5.96. The summed E-state index contributed by atoms with van der Waals surface area (Å²) < 4.78 is 0. The predicted molar refractivity (Wildman–Crippen MR) is 144 cm³/mol. The number of hydrogen-bond acceptors (Lipinski definition) is 7. The van der Waals surface area contributed by atoms with Crippen molar-refractivity contribution in [1.82, 2.24) is 14.9 Å². The number of rotatable bonds is 7. The maximum absolute atomic E-state index is 13.3. The predicted octanol–water partition coefficient (Wildman–Crippen LogP) is 2.27. The molecule has 1 aliphatic carbocycles. The molecule has 2 saturated heterocycles. The van der Waals surface area contributed by atoms with Crippen LogP contribution < -0.4 is 10.6 Å². The number of anilines is 1. The molecule has 10 heteroatoms. The number of hydrogen-bond donors (Lipinski definition) is 3. The van der Waals surface area contributed by atoms with Gasteiger partial charge in [-0.05, 0) is 57.2 Å². The number of likely N-dealkylation sites (tertiary alicyclic amines) is 1. The minimum Gasteiger partial charge on any atom is -0.481 e. The first-order valence-electron chi connectivity index (χ1n) is 13.7. The first-order valence-corrected chi connectivity index (χ1v) is 13.7. The normalized spacial score (nSPS) is 27.3. The molecule has 3 aliphatic rings. The molecule has 1 aromatic carbocycles. The number of aryl methyl sites for hydroxylation is 2. The van der Waals surface area contributed by atoms with Crippen molar-refractivity contribution in [2.45, 2.75) is 58.0 Å². The molecule has 3 unspecified atom stereocenters. The number of nitrogens with zero attached hydrogens (tertiary/aromatic N) is 4.